The van der Waals surface area contributed by atoms with Crippen molar-refractivity contribution in [3.63, 3.8) is 0 Å². The predicted octanol–water partition coefficient (Wildman–Crippen LogP) is 2.95. The molecule has 1 amide bonds. The minimum atomic E-state index is -0.579. The number of aliphatic hydroxyl groups excluding tert-OH is 1. The molecule has 2 aromatic rings. The van der Waals surface area contributed by atoms with Crippen LogP contribution in [0.3, 0.4) is 0 Å². The fraction of sp³-hybridized carbons (Fsp3) is 0.364. The van der Waals surface area contributed by atoms with Gasteiger partial charge in [-0.15, -0.1) is 11.8 Å². The Morgan fingerprint density at radius 1 is 1.28 bits per heavy atom. The molecule has 29 heavy (non-hydrogen) atoms. The first kappa shape index (κ1) is 22.8. The highest BCUT2D eigenvalue weighted by molar-refractivity contribution is 7.99. The average Bonchev–Trinajstić information content (AvgIpc) is 2.72. The van der Waals surface area contributed by atoms with E-state index >= 15 is 0 Å². The molecule has 0 heterocycles. The highest BCUT2D eigenvalue weighted by Gasteiger charge is 2.11. The fourth-order valence-corrected chi connectivity index (χ4v) is 3.78. The first-order valence-corrected chi connectivity index (χ1v) is 10.5. The van der Waals surface area contributed by atoms with Gasteiger partial charge < -0.3 is 20.9 Å². The van der Waals surface area contributed by atoms with Crippen LogP contribution in [-0.4, -0.2) is 42.1 Å². The summed E-state index contributed by atoms with van der Waals surface area (Å²) in [6.07, 6.45) is 0.929. The molecule has 154 valence electrons. The Morgan fingerprint density at radius 3 is 2.69 bits per heavy atom. The van der Waals surface area contributed by atoms with Gasteiger partial charge in [0.25, 0.3) is 0 Å². The summed E-state index contributed by atoms with van der Waals surface area (Å²) in [6.45, 7) is 3.05. The second-order valence-electron chi connectivity index (χ2n) is 6.75. The number of hydrogen-bond acceptors (Lipinski definition) is 6. The summed E-state index contributed by atoms with van der Waals surface area (Å²) in [5.74, 6) is 1.10. The molecule has 0 aliphatic carbocycles. The van der Waals surface area contributed by atoms with Crippen LogP contribution in [0.1, 0.15) is 35.7 Å². The van der Waals surface area contributed by atoms with Crippen LogP contribution in [0.5, 0.6) is 5.75 Å². The molecule has 4 N–H and O–H groups in total. The lowest BCUT2D eigenvalue weighted by atomic mass is 10.1. The number of nitrogens with zero attached hydrogens (tertiary/aromatic N) is 1. The number of primary amides is 1. The van der Waals surface area contributed by atoms with Crippen molar-refractivity contribution in [1.82, 2.24) is 5.32 Å². The predicted molar refractivity (Wildman–Crippen MR) is 115 cm³/mol. The smallest absolute Gasteiger partial charge is 0.249 e. The molecule has 0 radical (unpaired) electrons. The molecule has 2 unspecified atom stereocenters. The second-order valence-corrected chi connectivity index (χ2v) is 7.89. The van der Waals surface area contributed by atoms with Gasteiger partial charge in [0.15, 0.2) is 0 Å². The maximum absolute atomic E-state index is 11.4. The topological polar surface area (TPSA) is 108 Å². The molecule has 7 heteroatoms. The number of thioether (sulfide) groups is 1. The van der Waals surface area contributed by atoms with Crippen LogP contribution in [0.15, 0.2) is 53.4 Å². The van der Waals surface area contributed by atoms with E-state index in [1.165, 1.54) is 0 Å². The normalized spacial score (nSPS) is 12.7. The van der Waals surface area contributed by atoms with Crippen molar-refractivity contribution in [3.8, 4) is 11.8 Å². The van der Waals surface area contributed by atoms with Crippen molar-refractivity contribution in [2.45, 2.75) is 36.8 Å². The van der Waals surface area contributed by atoms with Gasteiger partial charge in [0, 0.05) is 10.9 Å². The molecule has 0 aliphatic heterocycles. The van der Waals surface area contributed by atoms with Gasteiger partial charge in [-0.05, 0) is 68.5 Å². The molecule has 0 spiro atoms. The van der Waals surface area contributed by atoms with Gasteiger partial charge in [0.2, 0.25) is 5.91 Å². The Labute approximate surface area is 176 Å². The minimum Gasteiger partial charge on any atom is -0.491 e. The quantitative estimate of drug-likeness (QED) is 0.365. The molecule has 2 rings (SSSR count). The number of aliphatic hydroxyl groups is 1. The third kappa shape index (κ3) is 8.16. The number of hydrogen-bond donors (Lipinski definition) is 3. The molecule has 0 fully saturated rings. The molecule has 2 aromatic carbocycles. The minimum absolute atomic E-state index is 0.150. The first-order chi connectivity index (χ1) is 14.0. The van der Waals surface area contributed by atoms with Gasteiger partial charge in [-0.3, -0.25) is 4.79 Å². The molecule has 6 nitrogen and oxygen atoms in total. The average molecular weight is 414 g/mol. The van der Waals surface area contributed by atoms with E-state index in [1.807, 2.05) is 25.1 Å². The molecule has 0 saturated heterocycles. The lowest BCUT2D eigenvalue weighted by Crippen LogP contribution is -2.33. The molecule has 2 atom stereocenters. The third-order valence-electron chi connectivity index (χ3n) is 4.28. The van der Waals surface area contributed by atoms with Crippen LogP contribution in [0, 0.1) is 11.3 Å². The van der Waals surface area contributed by atoms with E-state index in [0.717, 1.165) is 23.6 Å². The maximum Gasteiger partial charge on any atom is 0.249 e. The summed E-state index contributed by atoms with van der Waals surface area (Å²) in [6, 6.07) is 16.4. The van der Waals surface area contributed by atoms with E-state index in [9.17, 15) is 9.90 Å². The summed E-state index contributed by atoms with van der Waals surface area (Å²) < 4.78 is 5.56. The standard InChI is InChI=1S/C22H27N3O3S/c1-16(13-18(26)15-28-19-9-7-17(14-23)8-10-19)25-11-4-12-29-21-6-3-2-5-20(21)22(24)27/h2-3,5-10,16,18,25-26H,4,11-13,15H2,1H3,(H2,24,27). The lowest BCUT2D eigenvalue weighted by Gasteiger charge is -2.18. The van der Waals surface area contributed by atoms with Crippen LogP contribution in [-0.2, 0) is 0 Å². The molecular weight excluding hydrogens is 386 g/mol. The monoisotopic (exact) mass is 413 g/mol. The Morgan fingerprint density at radius 2 is 2.00 bits per heavy atom. The van der Waals surface area contributed by atoms with Gasteiger partial charge >= 0.3 is 0 Å². The Hall–Kier alpha value is -2.53. The summed E-state index contributed by atoms with van der Waals surface area (Å²) in [7, 11) is 0. The Balaban J connectivity index is 1.61. The van der Waals surface area contributed by atoms with Gasteiger partial charge in [0.1, 0.15) is 12.4 Å². The van der Waals surface area contributed by atoms with Crippen molar-refractivity contribution in [2.24, 2.45) is 5.73 Å². The number of carbonyl (C=O) groups excluding carboxylic acids is 1. The maximum atomic E-state index is 11.4. The van der Waals surface area contributed by atoms with E-state index in [0.29, 0.717) is 23.3 Å². The zero-order chi connectivity index (χ0) is 21.1. The fourth-order valence-electron chi connectivity index (χ4n) is 2.78. The summed E-state index contributed by atoms with van der Waals surface area (Å²) >= 11 is 1.62. The van der Waals surface area contributed by atoms with Crippen molar-refractivity contribution in [3.05, 3.63) is 59.7 Å². The highest BCUT2D eigenvalue weighted by atomic mass is 32.2. The van der Waals surface area contributed by atoms with E-state index in [2.05, 4.69) is 11.4 Å². The number of benzene rings is 2. The van der Waals surface area contributed by atoms with Crippen LogP contribution in [0.25, 0.3) is 0 Å². The largest absolute Gasteiger partial charge is 0.491 e. The van der Waals surface area contributed by atoms with Crippen molar-refractivity contribution < 1.29 is 14.6 Å². The first-order valence-electron chi connectivity index (χ1n) is 9.55. The van der Waals surface area contributed by atoms with Gasteiger partial charge in [0.05, 0.1) is 23.3 Å². The van der Waals surface area contributed by atoms with Crippen LogP contribution in [0.4, 0.5) is 0 Å². The summed E-state index contributed by atoms with van der Waals surface area (Å²) in [4.78, 5) is 12.3. The number of amides is 1. The van der Waals surface area contributed by atoms with Gasteiger partial charge in [-0.2, -0.15) is 5.26 Å². The van der Waals surface area contributed by atoms with Crippen molar-refractivity contribution >= 4 is 17.7 Å². The molecule has 0 saturated carbocycles. The number of nitriles is 1. The van der Waals surface area contributed by atoms with Crippen molar-refractivity contribution in [2.75, 3.05) is 18.9 Å². The number of nitrogens with two attached hydrogens (primary N) is 1. The second kappa shape index (κ2) is 12.1. The van der Waals surface area contributed by atoms with Crippen molar-refractivity contribution in [1.29, 1.82) is 5.26 Å². The Kier molecular flexibility index (Phi) is 9.51. The van der Waals surface area contributed by atoms with E-state index in [-0.39, 0.29) is 12.6 Å². The molecular formula is C22H27N3O3S. The zero-order valence-corrected chi connectivity index (χ0v) is 17.3. The van der Waals surface area contributed by atoms with E-state index in [1.54, 1.807) is 42.1 Å². The molecule has 0 aromatic heterocycles. The van der Waals surface area contributed by atoms with Crippen LogP contribution in [0.2, 0.25) is 0 Å². The van der Waals surface area contributed by atoms with Crippen LogP contribution < -0.4 is 15.8 Å². The molecule has 0 bridgehead atoms. The lowest BCUT2D eigenvalue weighted by molar-refractivity contribution is 0.0919. The summed E-state index contributed by atoms with van der Waals surface area (Å²) in [5.41, 5.74) is 6.53. The van der Waals surface area contributed by atoms with Gasteiger partial charge in [-0.1, -0.05) is 12.1 Å². The number of rotatable bonds is 12. The van der Waals surface area contributed by atoms with E-state index in [4.69, 9.17) is 15.7 Å². The zero-order valence-electron chi connectivity index (χ0n) is 16.5. The van der Waals surface area contributed by atoms with Gasteiger partial charge in [-0.25, -0.2) is 0 Å². The Bertz CT molecular complexity index is 821. The van der Waals surface area contributed by atoms with E-state index < -0.39 is 12.0 Å². The van der Waals surface area contributed by atoms with Crippen LogP contribution >= 0.6 is 11.8 Å². The molecule has 0 aliphatic rings. The number of ether oxygens (including phenoxy) is 1. The summed E-state index contributed by atoms with van der Waals surface area (Å²) in [5, 5.41) is 22.3. The SMILES string of the molecule is CC(CC(O)COc1ccc(C#N)cc1)NCCCSc1ccccc1C(N)=O. The number of carbonyl (C=O) groups is 1. The highest BCUT2D eigenvalue weighted by Crippen LogP contribution is 2.22. The third-order valence-corrected chi connectivity index (χ3v) is 5.44. The number of nitrogens with one attached hydrogen (secondary N) is 1.